The lowest BCUT2D eigenvalue weighted by Gasteiger charge is -2.41. The van der Waals surface area contributed by atoms with Crippen LogP contribution in [0.3, 0.4) is 0 Å². The number of piperidine rings is 1. The average molecular weight is 356 g/mol. The topological polar surface area (TPSA) is 84.6 Å². The van der Waals surface area contributed by atoms with Crippen molar-refractivity contribution in [3.63, 3.8) is 0 Å². The van der Waals surface area contributed by atoms with Gasteiger partial charge in [0.05, 0.1) is 6.04 Å². The second-order valence-corrected chi connectivity index (χ2v) is 7.79. The Bertz CT molecular complexity index is 584. The highest BCUT2D eigenvalue weighted by Gasteiger charge is 2.32. The number of nitrogens with two attached hydrogens (primary N) is 1. The summed E-state index contributed by atoms with van der Waals surface area (Å²) in [6.07, 6.45) is 0.586. The molecule has 24 heavy (non-hydrogen) atoms. The predicted octanol–water partition coefficient (Wildman–Crippen LogP) is 2.79. The molecule has 134 valence electrons. The summed E-state index contributed by atoms with van der Waals surface area (Å²) in [5.41, 5.74) is 5.18. The molecule has 2 atom stereocenters. The molecule has 0 spiro atoms. The van der Waals surface area contributed by atoms with Crippen LogP contribution in [0.15, 0.2) is 6.07 Å². The summed E-state index contributed by atoms with van der Waals surface area (Å²) in [7, 11) is 1.77. The van der Waals surface area contributed by atoms with Crippen LogP contribution in [0, 0.1) is 5.92 Å². The van der Waals surface area contributed by atoms with E-state index in [1.165, 1.54) is 0 Å². The summed E-state index contributed by atoms with van der Waals surface area (Å²) in [6.45, 7) is 9.20. The van der Waals surface area contributed by atoms with Crippen molar-refractivity contribution < 1.29 is 9.53 Å². The minimum atomic E-state index is -0.514. The number of hydrogen-bond donors (Lipinski definition) is 1. The quantitative estimate of drug-likeness (QED) is 0.821. The van der Waals surface area contributed by atoms with E-state index in [9.17, 15) is 4.79 Å². The first-order valence-electron chi connectivity index (χ1n) is 8.06. The Balaban J connectivity index is 2.14. The summed E-state index contributed by atoms with van der Waals surface area (Å²) in [4.78, 5) is 24.2. The van der Waals surface area contributed by atoms with Gasteiger partial charge >= 0.3 is 6.09 Å². The van der Waals surface area contributed by atoms with Gasteiger partial charge in [0.15, 0.2) is 0 Å². The average Bonchev–Trinajstić information content (AvgIpc) is 2.43. The molecule has 1 aromatic rings. The number of nitrogens with zero attached hydrogens (tertiary/aromatic N) is 4. The number of nitrogen functional groups attached to an aromatic ring is 1. The SMILES string of the molecule is C[C@@H]1C[C@@H](N(C)C(=O)OC(C)(C)C)CN(c2cc(Cl)nc(N)n2)C1. The molecule has 1 aliphatic heterocycles. The van der Waals surface area contributed by atoms with E-state index < -0.39 is 5.60 Å². The highest BCUT2D eigenvalue weighted by Crippen LogP contribution is 2.26. The van der Waals surface area contributed by atoms with E-state index >= 15 is 0 Å². The first kappa shape index (κ1) is 18.6. The molecule has 2 heterocycles. The highest BCUT2D eigenvalue weighted by atomic mass is 35.5. The van der Waals surface area contributed by atoms with E-state index in [4.69, 9.17) is 22.1 Å². The van der Waals surface area contributed by atoms with Gasteiger partial charge in [-0.15, -0.1) is 0 Å². The first-order chi connectivity index (χ1) is 11.0. The van der Waals surface area contributed by atoms with E-state index in [0.717, 1.165) is 13.0 Å². The van der Waals surface area contributed by atoms with Crippen molar-refractivity contribution in [2.75, 3.05) is 30.8 Å². The lowest BCUT2D eigenvalue weighted by atomic mass is 9.95. The van der Waals surface area contributed by atoms with Crippen molar-refractivity contribution in [3.8, 4) is 0 Å². The molecule has 7 nitrogen and oxygen atoms in total. The van der Waals surface area contributed by atoms with Crippen molar-refractivity contribution in [3.05, 3.63) is 11.2 Å². The van der Waals surface area contributed by atoms with E-state index in [2.05, 4.69) is 21.8 Å². The number of hydrogen-bond acceptors (Lipinski definition) is 6. The van der Waals surface area contributed by atoms with Gasteiger partial charge in [-0.25, -0.2) is 9.78 Å². The molecule has 8 heteroatoms. The van der Waals surface area contributed by atoms with Gasteiger partial charge in [-0.05, 0) is 33.1 Å². The number of carbonyl (C=O) groups is 1. The zero-order valence-electron chi connectivity index (χ0n) is 14.9. The summed E-state index contributed by atoms with van der Waals surface area (Å²) in [5.74, 6) is 1.22. The number of likely N-dealkylation sites (N-methyl/N-ethyl adjacent to an activating group) is 1. The van der Waals surface area contributed by atoms with Gasteiger partial charge < -0.3 is 20.3 Å². The van der Waals surface area contributed by atoms with Gasteiger partial charge in [-0.3, -0.25) is 0 Å². The molecular weight excluding hydrogens is 330 g/mol. The van der Waals surface area contributed by atoms with Crippen LogP contribution in [0.25, 0.3) is 0 Å². The molecule has 1 aliphatic rings. The molecule has 1 saturated heterocycles. The summed E-state index contributed by atoms with van der Waals surface area (Å²) in [5, 5.41) is 0.313. The number of ether oxygens (including phenoxy) is 1. The van der Waals surface area contributed by atoms with Crippen molar-refractivity contribution in [2.45, 2.75) is 45.8 Å². The van der Waals surface area contributed by atoms with Crippen molar-refractivity contribution in [2.24, 2.45) is 5.92 Å². The van der Waals surface area contributed by atoms with Crippen molar-refractivity contribution in [1.29, 1.82) is 0 Å². The Morgan fingerprint density at radius 1 is 1.42 bits per heavy atom. The molecule has 0 saturated carbocycles. The fraction of sp³-hybridized carbons (Fsp3) is 0.688. The Kier molecular flexibility index (Phi) is 5.42. The molecule has 2 N–H and O–H groups in total. The number of anilines is 2. The minimum absolute atomic E-state index is 0.0264. The lowest BCUT2D eigenvalue weighted by molar-refractivity contribution is 0.0195. The van der Waals surface area contributed by atoms with Gasteiger partial charge in [-0.2, -0.15) is 4.98 Å². The van der Waals surface area contributed by atoms with Gasteiger partial charge in [0.1, 0.15) is 16.6 Å². The lowest BCUT2D eigenvalue weighted by Crippen LogP contribution is -2.52. The van der Waals surface area contributed by atoms with Gasteiger partial charge in [0, 0.05) is 26.2 Å². The molecule has 0 bridgehead atoms. The van der Waals surface area contributed by atoms with Crippen LogP contribution in [0.4, 0.5) is 16.6 Å². The van der Waals surface area contributed by atoms with E-state index in [1.807, 2.05) is 20.8 Å². The largest absolute Gasteiger partial charge is 0.444 e. The molecule has 0 radical (unpaired) electrons. The fourth-order valence-electron chi connectivity index (χ4n) is 2.85. The maximum absolute atomic E-state index is 12.3. The van der Waals surface area contributed by atoms with Crippen LogP contribution >= 0.6 is 11.6 Å². The van der Waals surface area contributed by atoms with Crippen LogP contribution in [0.1, 0.15) is 34.1 Å². The Morgan fingerprint density at radius 3 is 2.67 bits per heavy atom. The maximum atomic E-state index is 12.3. The van der Waals surface area contributed by atoms with E-state index in [0.29, 0.717) is 23.4 Å². The summed E-state index contributed by atoms with van der Waals surface area (Å²) in [6, 6.07) is 1.72. The molecule has 1 fully saturated rings. The summed E-state index contributed by atoms with van der Waals surface area (Å²) >= 11 is 5.99. The first-order valence-corrected chi connectivity index (χ1v) is 8.44. The zero-order chi connectivity index (χ0) is 18.1. The Hall–Kier alpha value is -1.76. The molecule has 1 aromatic heterocycles. The van der Waals surface area contributed by atoms with Crippen LogP contribution < -0.4 is 10.6 Å². The third-order valence-electron chi connectivity index (χ3n) is 3.89. The Labute approximate surface area is 148 Å². The third-order valence-corrected chi connectivity index (χ3v) is 4.08. The van der Waals surface area contributed by atoms with Crippen LogP contribution in [-0.4, -0.2) is 52.7 Å². The second kappa shape index (κ2) is 7.01. The number of aromatic nitrogens is 2. The fourth-order valence-corrected chi connectivity index (χ4v) is 3.04. The second-order valence-electron chi connectivity index (χ2n) is 7.40. The molecular formula is C16H26ClN5O2. The number of halogens is 1. The van der Waals surface area contributed by atoms with Crippen LogP contribution in [0.2, 0.25) is 5.15 Å². The number of rotatable bonds is 2. The monoisotopic (exact) mass is 355 g/mol. The standard InChI is InChI=1S/C16H26ClN5O2/c1-10-6-11(21(5)15(23)24-16(2,3)4)9-22(8-10)13-7-12(17)19-14(18)20-13/h7,10-11H,6,8-9H2,1-5H3,(H2,18,19,20)/t10-,11-/m1/s1. The molecule has 2 rings (SSSR count). The normalized spacial score (nSPS) is 21.5. The smallest absolute Gasteiger partial charge is 0.410 e. The van der Waals surface area contributed by atoms with Crippen molar-refractivity contribution in [1.82, 2.24) is 14.9 Å². The molecule has 0 aliphatic carbocycles. The van der Waals surface area contributed by atoms with Crippen LogP contribution in [0.5, 0.6) is 0 Å². The van der Waals surface area contributed by atoms with Gasteiger partial charge in [0.2, 0.25) is 5.95 Å². The molecule has 1 amide bonds. The van der Waals surface area contributed by atoms with Crippen LogP contribution in [-0.2, 0) is 4.74 Å². The Morgan fingerprint density at radius 2 is 2.08 bits per heavy atom. The number of amides is 1. The molecule has 0 aromatic carbocycles. The summed E-state index contributed by atoms with van der Waals surface area (Å²) < 4.78 is 5.47. The maximum Gasteiger partial charge on any atom is 0.410 e. The van der Waals surface area contributed by atoms with Gasteiger partial charge in [-0.1, -0.05) is 18.5 Å². The van der Waals surface area contributed by atoms with Crippen molar-refractivity contribution >= 4 is 29.5 Å². The predicted molar refractivity (Wildman–Crippen MR) is 95.2 cm³/mol. The highest BCUT2D eigenvalue weighted by molar-refractivity contribution is 6.29. The third kappa shape index (κ3) is 4.87. The van der Waals surface area contributed by atoms with E-state index in [1.54, 1.807) is 18.0 Å². The van der Waals surface area contributed by atoms with Gasteiger partial charge in [0.25, 0.3) is 0 Å². The zero-order valence-corrected chi connectivity index (χ0v) is 15.7. The minimum Gasteiger partial charge on any atom is -0.444 e. The molecule has 0 unspecified atom stereocenters. The van der Waals surface area contributed by atoms with E-state index in [-0.39, 0.29) is 18.1 Å². The number of carbonyl (C=O) groups excluding carboxylic acids is 1.